The largest absolute Gasteiger partial charge is 0.478 e. The summed E-state index contributed by atoms with van der Waals surface area (Å²) in [4.78, 5) is 10.9. The van der Waals surface area contributed by atoms with Crippen molar-refractivity contribution in [2.45, 2.75) is 19.6 Å². The maximum absolute atomic E-state index is 10.9. The van der Waals surface area contributed by atoms with Crippen LogP contribution >= 0.6 is 11.8 Å². The van der Waals surface area contributed by atoms with Crippen molar-refractivity contribution >= 4 is 31.0 Å². The second kappa shape index (κ2) is 6.33. The maximum atomic E-state index is 10.9. The lowest BCUT2D eigenvalue weighted by Gasteiger charge is -2.18. The first-order chi connectivity index (χ1) is 7.93. The average Bonchev–Trinajstić information content (AvgIpc) is 2.13. The van der Waals surface area contributed by atoms with Crippen LogP contribution in [0.2, 0.25) is 19.6 Å². The van der Waals surface area contributed by atoms with Gasteiger partial charge in [-0.3, -0.25) is 0 Å². The summed E-state index contributed by atoms with van der Waals surface area (Å²) in [7, 11) is 1.81. The molecule has 4 nitrogen and oxygen atoms in total. The van der Waals surface area contributed by atoms with Gasteiger partial charge in [-0.05, 0) is 11.3 Å². The first kappa shape index (κ1) is 17.1. The molecule has 0 spiro atoms. The van der Waals surface area contributed by atoms with Gasteiger partial charge in [0, 0.05) is 0 Å². The van der Waals surface area contributed by atoms with E-state index in [0.29, 0.717) is 5.56 Å². The molecule has 1 rings (SSSR count). The van der Waals surface area contributed by atoms with Crippen molar-refractivity contribution in [2.75, 3.05) is 14.1 Å². The van der Waals surface area contributed by atoms with Crippen LogP contribution in [0.5, 0.6) is 0 Å². The minimum atomic E-state index is -1.52. The van der Waals surface area contributed by atoms with Crippen LogP contribution in [0.4, 0.5) is 0 Å². The molecule has 6 heteroatoms. The summed E-state index contributed by atoms with van der Waals surface area (Å²) < 4.78 is -0.0278. The van der Waals surface area contributed by atoms with Crippen LogP contribution in [0, 0.1) is 0 Å². The number of quaternary nitrogens is 1. The van der Waals surface area contributed by atoms with E-state index in [4.69, 9.17) is 22.7 Å². The predicted octanol–water partition coefficient (Wildman–Crippen LogP) is 2.02. The van der Waals surface area contributed by atoms with Gasteiger partial charge in [-0.15, -0.1) is 0 Å². The quantitative estimate of drug-likeness (QED) is 0.379. The van der Waals surface area contributed by atoms with Crippen molar-refractivity contribution in [3.8, 4) is 0 Å². The lowest BCUT2D eigenvalue weighted by Crippen LogP contribution is -2.41. The van der Waals surface area contributed by atoms with E-state index in [1.165, 1.54) is 0 Å². The Bertz CT molecular complexity index is 405. The smallest absolute Gasteiger partial charge is 0.335 e. The molecule has 0 aliphatic carbocycles. The second-order valence-electron chi connectivity index (χ2n) is 5.50. The van der Waals surface area contributed by atoms with E-state index in [1.54, 1.807) is 26.2 Å². The van der Waals surface area contributed by atoms with E-state index < -0.39 is 14.0 Å². The SMILES string of the molecule is C[N+](C)(N)Cl.C[Si](C)(C)c1ccccc1C(=O)O. The fourth-order valence-electron chi connectivity index (χ4n) is 1.32. The minimum Gasteiger partial charge on any atom is -0.478 e. The molecule has 0 radical (unpaired) electrons. The highest BCUT2D eigenvalue weighted by atomic mass is 35.5. The molecule has 102 valence electrons. The van der Waals surface area contributed by atoms with Gasteiger partial charge in [0.25, 0.3) is 0 Å². The van der Waals surface area contributed by atoms with Gasteiger partial charge < -0.3 is 5.11 Å². The Hall–Kier alpha value is -0.883. The number of hydrogen-bond acceptors (Lipinski definition) is 2. The van der Waals surface area contributed by atoms with Gasteiger partial charge in [0.15, 0.2) is 11.8 Å². The zero-order valence-electron chi connectivity index (χ0n) is 11.6. The molecule has 0 atom stereocenters. The first-order valence-electron chi connectivity index (χ1n) is 5.58. The van der Waals surface area contributed by atoms with Crippen molar-refractivity contribution < 1.29 is 14.0 Å². The van der Waals surface area contributed by atoms with E-state index >= 15 is 0 Å². The number of benzene rings is 1. The molecular formula is C12H22ClN2O2Si+. The summed E-state index contributed by atoms with van der Waals surface area (Å²) in [6.45, 7) is 6.44. The number of carboxylic acid groups (broad SMARTS) is 1. The first-order valence-corrected chi connectivity index (χ1v) is 9.41. The average molecular weight is 290 g/mol. The summed E-state index contributed by atoms with van der Waals surface area (Å²) in [6.07, 6.45) is 0. The number of carbonyl (C=O) groups is 1. The van der Waals surface area contributed by atoms with Crippen LogP contribution in [-0.4, -0.2) is 37.4 Å². The fraction of sp³-hybridized carbons (Fsp3) is 0.417. The number of nitrogens with two attached hydrogens (primary N) is 1. The zero-order valence-corrected chi connectivity index (χ0v) is 13.3. The molecular weight excluding hydrogens is 268 g/mol. The van der Waals surface area contributed by atoms with Crippen molar-refractivity contribution in [1.82, 2.24) is 0 Å². The Morgan fingerprint density at radius 3 is 1.94 bits per heavy atom. The standard InChI is InChI=1S/C10H14O2Si.C2H8ClN2/c1-13(2,3)9-7-5-4-6-8(9)10(11)12;1-5(2,3)4/h4-7H,1-3H3,(H,11,12);4H2,1-2H3/q;+1. The summed E-state index contributed by atoms with van der Waals surface area (Å²) in [6, 6.07) is 7.28. The van der Waals surface area contributed by atoms with Crippen LogP contribution < -0.4 is 11.0 Å². The third-order valence-corrected chi connectivity index (χ3v) is 4.02. The summed E-state index contributed by atoms with van der Waals surface area (Å²) in [5.41, 5.74) is 0.460. The van der Waals surface area contributed by atoms with Crippen molar-refractivity contribution in [2.24, 2.45) is 5.84 Å². The lowest BCUT2D eigenvalue weighted by atomic mass is 10.2. The van der Waals surface area contributed by atoms with E-state index in [1.807, 2.05) is 12.1 Å². The molecule has 0 aliphatic rings. The van der Waals surface area contributed by atoms with Gasteiger partial charge in [0.1, 0.15) is 14.1 Å². The normalized spacial score (nSPS) is 11.5. The Balaban J connectivity index is 0.000000494. The Morgan fingerprint density at radius 2 is 1.67 bits per heavy atom. The highest BCUT2D eigenvalue weighted by Crippen LogP contribution is 2.06. The number of carboxylic acids is 1. The van der Waals surface area contributed by atoms with Gasteiger partial charge in [-0.1, -0.05) is 37.8 Å². The van der Waals surface area contributed by atoms with Crippen LogP contribution in [-0.2, 0) is 0 Å². The zero-order chi connectivity index (χ0) is 14.6. The highest BCUT2D eigenvalue weighted by Gasteiger charge is 2.22. The van der Waals surface area contributed by atoms with Crippen LogP contribution in [0.25, 0.3) is 0 Å². The molecule has 0 amide bonds. The van der Waals surface area contributed by atoms with Gasteiger partial charge in [-0.25, -0.2) is 4.79 Å². The van der Waals surface area contributed by atoms with Crippen LogP contribution in [0.3, 0.4) is 0 Å². The summed E-state index contributed by atoms with van der Waals surface area (Å²) in [5, 5.41) is 9.97. The van der Waals surface area contributed by atoms with E-state index in [-0.39, 0.29) is 4.11 Å². The molecule has 1 aromatic rings. The molecule has 1 aromatic carbocycles. The highest BCUT2D eigenvalue weighted by molar-refractivity contribution is 6.89. The number of nitrogens with zero attached hydrogens (tertiary/aromatic N) is 1. The predicted molar refractivity (Wildman–Crippen MR) is 78.5 cm³/mol. The van der Waals surface area contributed by atoms with Crippen molar-refractivity contribution in [1.29, 1.82) is 0 Å². The molecule has 0 fully saturated rings. The third-order valence-electron chi connectivity index (χ3n) is 1.97. The summed E-state index contributed by atoms with van der Waals surface area (Å²) in [5.74, 6) is 4.24. The number of aromatic carboxylic acids is 1. The van der Waals surface area contributed by atoms with E-state index in [2.05, 4.69) is 19.6 Å². The van der Waals surface area contributed by atoms with Gasteiger partial charge in [0.05, 0.1) is 13.6 Å². The second-order valence-corrected chi connectivity index (χ2v) is 11.4. The van der Waals surface area contributed by atoms with Gasteiger partial charge in [-0.2, -0.15) is 9.95 Å². The van der Waals surface area contributed by atoms with E-state index in [9.17, 15) is 4.79 Å². The number of hydrogen-bond donors (Lipinski definition) is 2. The number of halogens is 1. The topological polar surface area (TPSA) is 63.3 Å². The monoisotopic (exact) mass is 289 g/mol. The molecule has 0 heterocycles. The molecule has 0 unspecified atom stereocenters. The molecule has 0 aromatic heterocycles. The Morgan fingerprint density at radius 1 is 1.28 bits per heavy atom. The molecule has 0 saturated heterocycles. The van der Waals surface area contributed by atoms with E-state index in [0.717, 1.165) is 5.19 Å². The van der Waals surface area contributed by atoms with Gasteiger partial charge in [0.2, 0.25) is 0 Å². The Labute approximate surface area is 115 Å². The molecule has 0 bridgehead atoms. The van der Waals surface area contributed by atoms with Crippen LogP contribution in [0.1, 0.15) is 10.4 Å². The number of rotatable bonds is 2. The van der Waals surface area contributed by atoms with Crippen molar-refractivity contribution in [3.05, 3.63) is 29.8 Å². The van der Waals surface area contributed by atoms with Crippen molar-refractivity contribution in [3.63, 3.8) is 0 Å². The van der Waals surface area contributed by atoms with Crippen LogP contribution in [0.15, 0.2) is 24.3 Å². The molecule has 3 N–H and O–H groups in total. The molecule has 0 aliphatic heterocycles. The minimum absolute atomic E-state index is 0.0278. The third kappa shape index (κ3) is 7.44. The molecule has 0 saturated carbocycles. The summed E-state index contributed by atoms with van der Waals surface area (Å²) >= 11 is 5.25. The van der Waals surface area contributed by atoms with Gasteiger partial charge >= 0.3 is 5.97 Å². The maximum Gasteiger partial charge on any atom is 0.335 e. The lowest BCUT2D eigenvalue weighted by molar-refractivity contribution is -0.783. The fourth-order valence-corrected chi connectivity index (χ4v) is 2.92. The Kier molecular flexibility index (Phi) is 6.02. The molecule has 18 heavy (non-hydrogen) atoms.